The molecule has 4 aromatic rings. The number of H-pyrrole nitrogens is 1. The highest BCUT2D eigenvalue weighted by Gasteiger charge is 2.09. The molecule has 0 unspecified atom stereocenters. The molecule has 0 aliphatic heterocycles. The predicted octanol–water partition coefficient (Wildman–Crippen LogP) is 3.27. The zero-order chi connectivity index (χ0) is 19.7. The quantitative estimate of drug-likeness (QED) is 0.487. The number of aromatic amines is 1. The maximum atomic E-state index is 12.2. The highest BCUT2D eigenvalue weighted by atomic mass is 32.2. The van der Waals surface area contributed by atoms with Crippen LogP contribution >= 0.6 is 23.1 Å². The minimum Gasteiger partial charge on any atom is -0.423 e. The molecule has 1 aromatic carbocycles. The van der Waals surface area contributed by atoms with E-state index in [0.717, 1.165) is 10.3 Å². The number of nitrogens with zero attached hydrogens (tertiary/aromatic N) is 1. The minimum atomic E-state index is -0.414. The Kier molecular flexibility index (Phi) is 5.01. The fourth-order valence-corrected chi connectivity index (χ4v) is 4.34. The Morgan fingerprint density at radius 2 is 2.11 bits per heavy atom. The van der Waals surface area contributed by atoms with Crippen LogP contribution in [0.3, 0.4) is 0 Å². The Morgan fingerprint density at radius 1 is 1.25 bits per heavy atom. The SMILES string of the molecule is Cc1cc2c(=O)[nH]c(CSCC(=O)Nc3ccc4oc(=O)ccc4c3)nc2s1. The molecule has 3 aromatic heterocycles. The van der Waals surface area contributed by atoms with Gasteiger partial charge in [0.25, 0.3) is 5.56 Å². The Labute approximate surface area is 166 Å². The first-order valence-corrected chi connectivity index (χ1v) is 10.4. The number of anilines is 1. The Hall–Kier alpha value is -2.91. The molecule has 28 heavy (non-hydrogen) atoms. The first-order chi connectivity index (χ1) is 13.5. The number of rotatable bonds is 5. The number of carbonyl (C=O) groups is 1. The molecule has 2 N–H and O–H groups in total. The van der Waals surface area contributed by atoms with Crippen molar-refractivity contribution in [2.24, 2.45) is 0 Å². The predicted molar refractivity (Wildman–Crippen MR) is 112 cm³/mol. The summed E-state index contributed by atoms with van der Waals surface area (Å²) in [6.07, 6.45) is 0. The molecule has 0 radical (unpaired) electrons. The summed E-state index contributed by atoms with van der Waals surface area (Å²) in [5.41, 5.74) is 0.517. The van der Waals surface area contributed by atoms with Crippen molar-refractivity contribution in [1.82, 2.24) is 9.97 Å². The molecule has 142 valence electrons. The average Bonchev–Trinajstić information content (AvgIpc) is 3.03. The third-order valence-corrected chi connectivity index (χ3v) is 5.84. The van der Waals surface area contributed by atoms with Gasteiger partial charge in [0, 0.05) is 22.0 Å². The molecule has 7 nitrogen and oxygen atoms in total. The van der Waals surface area contributed by atoms with Crippen LogP contribution in [-0.2, 0) is 10.5 Å². The molecule has 0 saturated heterocycles. The first-order valence-electron chi connectivity index (χ1n) is 8.39. The van der Waals surface area contributed by atoms with Gasteiger partial charge in [-0.15, -0.1) is 23.1 Å². The van der Waals surface area contributed by atoms with Crippen LogP contribution in [0.2, 0.25) is 0 Å². The van der Waals surface area contributed by atoms with Gasteiger partial charge in [-0.2, -0.15) is 0 Å². The van der Waals surface area contributed by atoms with E-state index in [1.807, 2.05) is 13.0 Å². The van der Waals surface area contributed by atoms with Gasteiger partial charge in [-0.25, -0.2) is 9.78 Å². The van der Waals surface area contributed by atoms with Crippen LogP contribution in [-0.4, -0.2) is 21.6 Å². The molecular formula is C19H15N3O4S2. The lowest BCUT2D eigenvalue weighted by Crippen LogP contribution is -2.15. The number of aryl methyl sites for hydroxylation is 1. The summed E-state index contributed by atoms with van der Waals surface area (Å²) in [5.74, 6) is 1.03. The molecule has 0 atom stereocenters. The van der Waals surface area contributed by atoms with E-state index in [-0.39, 0.29) is 17.2 Å². The van der Waals surface area contributed by atoms with Crippen molar-refractivity contribution >= 4 is 55.9 Å². The van der Waals surface area contributed by atoms with E-state index in [4.69, 9.17) is 4.42 Å². The standard InChI is InChI=1S/C19H15N3O4S2/c1-10-6-13-18(25)21-15(22-19(13)28-10)8-27-9-16(23)20-12-3-4-14-11(7-12)2-5-17(24)26-14/h2-7H,8-9H2,1H3,(H,20,23)(H,21,22,25). The lowest BCUT2D eigenvalue weighted by atomic mass is 10.2. The maximum absolute atomic E-state index is 12.2. The van der Waals surface area contributed by atoms with Crippen LogP contribution in [0, 0.1) is 6.92 Å². The van der Waals surface area contributed by atoms with Gasteiger partial charge in [-0.1, -0.05) is 0 Å². The Bertz CT molecular complexity index is 1310. The first kappa shape index (κ1) is 18.5. The summed E-state index contributed by atoms with van der Waals surface area (Å²) >= 11 is 2.84. The number of thioether (sulfide) groups is 1. The van der Waals surface area contributed by atoms with Crippen molar-refractivity contribution < 1.29 is 9.21 Å². The second-order valence-corrected chi connectivity index (χ2v) is 8.36. The molecular weight excluding hydrogens is 398 g/mol. The molecule has 0 aliphatic rings. The van der Waals surface area contributed by atoms with Gasteiger partial charge in [0.05, 0.1) is 16.9 Å². The van der Waals surface area contributed by atoms with Crippen LogP contribution in [0.25, 0.3) is 21.2 Å². The molecule has 0 aliphatic carbocycles. The van der Waals surface area contributed by atoms with Crippen LogP contribution in [0.15, 0.2) is 50.4 Å². The zero-order valence-corrected chi connectivity index (χ0v) is 16.4. The fraction of sp³-hybridized carbons (Fsp3) is 0.158. The minimum absolute atomic E-state index is 0.155. The van der Waals surface area contributed by atoms with Gasteiger partial charge in [-0.3, -0.25) is 9.59 Å². The van der Waals surface area contributed by atoms with Gasteiger partial charge >= 0.3 is 5.63 Å². The van der Waals surface area contributed by atoms with E-state index in [2.05, 4.69) is 15.3 Å². The summed E-state index contributed by atoms with van der Waals surface area (Å²) in [4.78, 5) is 44.4. The lowest BCUT2D eigenvalue weighted by molar-refractivity contribution is -0.113. The summed E-state index contributed by atoms with van der Waals surface area (Å²) < 4.78 is 5.07. The van der Waals surface area contributed by atoms with Gasteiger partial charge in [0.1, 0.15) is 16.2 Å². The van der Waals surface area contributed by atoms with Crippen molar-refractivity contribution in [2.75, 3.05) is 11.1 Å². The van der Waals surface area contributed by atoms with Crippen LogP contribution in [0.1, 0.15) is 10.7 Å². The summed E-state index contributed by atoms with van der Waals surface area (Å²) in [6, 6.07) is 9.88. The fourth-order valence-electron chi connectivity index (χ4n) is 2.75. The van der Waals surface area contributed by atoms with Crippen molar-refractivity contribution in [3.63, 3.8) is 0 Å². The molecule has 0 fully saturated rings. The third-order valence-electron chi connectivity index (χ3n) is 3.95. The van der Waals surface area contributed by atoms with Gasteiger partial charge in [0.2, 0.25) is 5.91 Å². The van der Waals surface area contributed by atoms with Crippen LogP contribution in [0.5, 0.6) is 0 Å². The van der Waals surface area contributed by atoms with Crippen molar-refractivity contribution in [2.45, 2.75) is 12.7 Å². The number of nitrogens with one attached hydrogen (secondary N) is 2. The van der Waals surface area contributed by atoms with Crippen molar-refractivity contribution in [3.8, 4) is 0 Å². The average molecular weight is 413 g/mol. The van der Waals surface area contributed by atoms with Crippen LogP contribution in [0.4, 0.5) is 5.69 Å². The zero-order valence-electron chi connectivity index (χ0n) is 14.8. The third kappa shape index (κ3) is 4.00. The van der Waals surface area contributed by atoms with Crippen molar-refractivity contribution in [1.29, 1.82) is 0 Å². The summed E-state index contributed by atoms with van der Waals surface area (Å²) in [6.45, 7) is 1.94. The highest BCUT2D eigenvalue weighted by molar-refractivity contribution is 7.99. The van der Waals surface area contributed by atoms with Gasteiger partial charge in [-0.05, 0) is 37.3 Å². The van der Waals surface area contributed by atoms with E-state index in [9.17, 15) is 14.4 Å². The van der Waals surface area contributed by atoms with E-state index in [1.54, 1.807) is 24.3 Å². The molecule has 3 heterocycles. The van der Waals surface area contributed by atoms with E-state index in [0.29, 0.717) is 33.1 Å². The molecule has 0 saturated carbocycles. The van der Waals surface area contributed by atoms with E-state index in [1.165, 1.54) is 29.2 Å². The monoisotopic (exact) mass is 413 g/mol. The lowest BCUT2D eigenvalue weighted by Gasteiger charge is -2.06. The molecule has 9 heteroatoms. The Morgan fingerprint density at radius 3 is 2.96 bits per heavy atom. The van der Waals surface area contributed by atoms with Crippen LogP contribution < -0.4 is 16.5 Å². The van der Waals surface area contributed by atoms with Crippen molar-refractivity contribution in [3.05, 3.63) is 67.9 Å². The number of amides is 1. The molecule has 0 spiro atoms. The molecule has 1 amide bonds. The van der Waals surface area contributed by atoms with E-state index >= 15 is 0 Å². The summed E-state index contributed by atoms with van der Waals surface area (Å²) in [5, 5.41) is 4.14. The normalized spacial score (nSPS) is 11.2. The second-order valence-electron chi connectivity index (χ2n) is 6.14. The second kappa shape index (κ2) is 7.61. The molecule has 4 rings (SSSR count). The van der Waals surface area contributed by atoms with Gasteiger partial charge in [0.15, 0.2) is 0 Å². The Balaban J connectivity index is 1.37. The number of carbonyl (C=O) groups excluding carboxylic acids is 1. The van der Waals surface area contributed by atoms with Gasteiger partial charge < -0.3 is 14.7 Å². The highest BCUT2D eigenvalue weighted by Crippen LogP contribution is 2.21. The number of fused-ring (bicyclic) bond motifs is 2. The largest absolute Gasteiger partial charge is 0.423 e. The van der Waals surface area contributed by atoms with E-state index < -0.39 is 5.63 Å². The maximum Gasteiger partial charge on any atom is 0.336 e. The number of hydrogen-bond acceptors (Lipinski definition) is 7. The molecule has 0 bridgehead atoms. The number of benzene rings is 1. The summed E-state index contributed by atoms with van der Waals surface area (Å²) in [7, 11) is 0. The smallest absolute Gasteiger partial charge is 0.336 e. The number of hydrogen-bond donors (Lipinski definition) is 2. The number of thiophene rings is 1. The topological polar surface area (TPSA) is 105 Å². The number of aromatic nitrogens is 2.